The maximum atomic E-state index is 12.5. The minimum Gasteiger partial charge on any atom is -0.490 e. The second-order valence-corrected chi connectivity index (χ2v) is 8.65. The van der Waals surface area contributed by atoms with Gasteiger partial charge in [0.05, 0.1) is 28.8 Å². The molecular weight excluding hydrogens is 392 g/mol. The molecule has 0 saturated carbocycles. The van der Waals surface area contributed by atoms with Crippen LogP contribution in [-0.4, -0.2) is 45.9 Å². The predicted molar refractivity (Wildman–Crippen MR) is 102 cm³/mol. The third kappa shape index (κ3) is 4.18. The van der Waals surface area contributed by atoms with Crippen molar-refractivity contribution in [3.63, 3.8) is 0 Å². The van der Waals surface area contributed by atoms with Crippen molar-refractivity contribution in [1.82, 2.24) is 4.31 Å². The molecule has 27 heavy (non-hydrogen) atoms. The first kappa shape index (κ1) is 19.5. The minimum atomic E-state index is -3.55. The maximum absolute atomic E-state index is 12.5. The number of fused-ring (bicyclic) bond motifs is 1. The Bertz CT molecular complexity index is 958. The lowest BCUT2D eigenvalue weighted by Gasteiger charge is -2.13. The van der Waals surface area contributed by atoms with Gasteiger partial charge in [0, 0.05) is 38.2 Å². The predicted octanol–water partition coefficient (Wildman–Crippen LogP) is 3.00. The number of nitrogens with one attached hydrogen (secondary N) is 1. The van der Waals surface area contributed by atoms with Gasteiger partial charge in [-0.15, -0.1) is 0 Å². The molecule has 7 nitrogen and oxygen atoms in total. The van der Waals surface area contributed by atoms with Crippen molar-refractivity contribution in [3.8, 4) is 11.5 Å². The quantitative estimate of drug-likeness (QED) is 0.837. The number of benzene rings is 2. The van der Waals surface area contributed by atoms with Gasteiger partial charge in [-0.05, 0) is 24.3 Å². The maximum Gasteiger partial charge on any atom is 0.255 e. The Balaban J connectivity index is 1.81. The number of rotatable bonds is 4. The first-order valence-electron chi connectivity index (χ1n) is 8.22. The summed E-state index contributed by atoms with van der Waals surface area (Å²) in [6.45, 7) is 1.06. The van der Waals surface area contributed by atoms with Crippen LogP contribution in [0.1, 0.15) is 16.8 Å². The van der Waals surface area contributed by atoms with Crippen LogP contribution < -0.4 is 14.8 Å². The molecule has 1 N–H and O–H groups in total. The fourth-order valence-electron chi connectivity index (χ4n) is 2.46. The van der Waals surface area contributed by atoms with Gasteiger partial charge in [-0.3, -0.25) is 4.79 Å². The number of carbonyl (C=O) groups is 1. The number of ether oxygens (including phenoxy) is 2. The second kappa shape index (κ2) is 7.75. The lowest BCUT2D eigenvalue weighted by molar-refractivity contribution is 0.102. The van der Waals surface area contributed by atoms with Gasteiger partial charge in [-0.25, -0.2) is 12.7 Å². The van der Waals surface area contributed by atoms with Crippen LogP contribution in [0.3, 0.4) is 0 Å². The normalized spacial score (nSPS) is 13.9. The van der Waals surface area contributed by atoms with Gasteiger partial charge in [-0.1, -0.05) is 11.6 Å². The number of anilines is 1. The van der Waals surface area contributed by atoms with Crippen molar-refractivity contribution in [2.45, 2.75) is 11.3 Å². The van der Waals surface area contributed by atoms with E-state index in [-0.39, 0.29) is 4.90 Å². The topological polar surface area (TPSA) is 84.9 Å². The van der Waals surface area contributed by atoms with E-state index in [0.717, 1.165) is 10.7 Å². The third-order valence-corrected chi connectivity index (χ3v) is 6.12. The molecule has 0 unspecified atom stereocenters. The highest BCUT2D eigenvalue weighted by Gasteiger charge is 2.19. The Morgan fingerprint density at radius 3 is 2.26 bits per heavy atom. The minimum absolute atomic E-state index is 0.109. The van der Waals surface area contributed by atoms with Gasteiger partial charge >= 0.3 is 0 Å². The summed E-state index contributed by atoms with van der Waals surface area (Å²) >= 11 is 6.23. The van der Waals surface area contributed by atoms with Gasteiger partial charge in [0.25, 0.3) is 5.91 Å². The highest BCUT2D eigenvalue weighted by atomic mass is 35.5. The van der Waals surface area contributed by atoms with Gasteiger partial charge in [0.15, 0.2) is 11.5 Å². The molecule has 1 aliphatic rings. The zero-order valence-electron chi connectivity index (χ0n) is 14.9. The average Bonchev–Trinajstić information content (AvgIpc) is 2.86. The number of halogens is 1. The van der Waals surface area contributed by atoms with E-state index in [0.29, 0.717) is 41.0 Å². The Kier molecular flexibility index (Phi) is 5.59. The van der Waals surface area contributed by atoms with E-state index >= 15 is 0 Å². The first-order chi connectivity index (χ1) is 12.8. The van der Waals surface area contributed by atoms with E-state index in [9.17, 15) is 13.2 Å². The molecule has 1 amide bonds. The van der Waals surface area contributed by atoms with Crippen molar-refractivity contribution in [2.75, 3.05) is 32.6 Å². The van der Waals surface area contributed by atoms with Crippen LogP contribution in [0.2, 0.25) is 5.02 Å². The van der Waals surface area contributed by atoms with Crippen LogP contribution in [0.5, 0.6) is 11.5 Å². The average molecular weight is 411 g/mol. The monoisotopic (exact) mass is 410 g/mol. The largest absolute Gasteiger partial charge is 0.490 e. The lowest BCUT2D eigenvalue weighted by atomic mass is 10.2. The second-order valence-electron chi connectivity index (χ2n) is 6.10. The van der Waals surface area contributed by atoms with Crippen LogP contribution in [0.15, 0.2) is 41.3 Å². The molecule has 2 aromatic rings. The highest BCUT2D eigenvalue weighted by Crippen LogP contribution is 2.37. The van der Waals surface area contributed by atoms with Crippen LogP contribution in [-0.2, 0) is 10.0 Å². The molecule has 144 valence electrons. The van der Waals surface area contributed by atoms with Crippen molar-refractivity contribution < 1.29 is 22.7 Å². The SMILES string of the molecule is CN(C)S(=O)(=O)c1ccc(C(=O)Nc2cc3c(cc2Cl)OCCCO3)cc1. The fraction of sp³-hybridized carbons (Fsp3) is 0.278. The Morgan fingerprint density at radius 2 is 1.67 bits per heavy atom. The van der Waals surface area contributed by atoms with Crippen molar-refractivity contribution in [2.24, 2.45) is 0 Å². The van der Waals surface area contributed by atoms with E-state index < -0.39 is 15.9 Å². The number of amides is 1. The first-order valence-corrected chi connectivity index (χ1v) is 10.0. The summed E-state index contributed by atoms with van der Waals surface area (Å²) in [7, 11) is -0.656. The molecule has 0 fully saturated rings. The smallest absolute Gasteiger partial charge is 0.255 e. The summed E-state index contributed by atoms with van der Waals surface area (Å²) in [5.41, 5.74) is 0.687. The number of hydrogen-bond donors (Lipinski definition) is 1. The van der Waals surface area contributed by atoms with Gasteiger partial charge in [0.1, 0.15) is 0 Å². The molecule has 0 atom stereocenters. The molecule has 0 radical (unpaired) electrons. The number of sulfonamides is 1. The zero-order valence-corrected chi connectivity index (χ0v) is 16.4. The fourth-order valence-corrected chi connectivity index (χ4v) is 3.57. The highest BCUT2D eigenvalue weighted by molar-refractivity contribution is 7.89. The van der Waals surface area contributed by atoms with E-state index in [1.54, 1.807) is 12.1 Å². The summed E-state index contributed by atoms with van der Waals surface area (Å²) in [6, 6.07) is 8.89. The number of nitrogens with zero attached hydrogens (tertiary/aromatic N) is 1. The molecule has 0 bridgehead atoms. The van der Waals surface area contributed by atoms with Crippen LogP contribution in [0.4, 0.5) is 5.69 Å². The molecule has 9 heteroatoms. The third-order valence-electron chi connectivity index (χ3n) is 3.98. The van der Waals surface area contributed by atoms with Crippen LogP contribution in [0, 0.1) is 0 Å². The van der Waals surface area contributed by atoms with E-state index in [2.05, 4.69) is 5.32 Å². The Hall–Kier alpha value is -2.29. The van der Waals surface area contributed by atoms with Gasteiger partial charge in [-0.2, -0.15) is 0 Å². The van der Waals surface area contributed by atoms with E-state index in [1.165, 1.54) is 38.4 Å². The van der Waals surface area contributed by atoms with Crippen LogP contribution >= 0.6 is 11.6 Å². The molecule has 0 spiro atoms. The molecule has 1 aliphatic heterocycles. The van der Waals surface area contributed by atoms with Crippen molar-refractivity contribution in [3.05, 3.63) is 47.0 Å². The summed E-state index contributed by atoms with van der Waals surface area (Å²) in [5, 5.41) is 3.03. The number of hydrogen-bond acceptors (Lipinski definition) is 5. The molecule has 0 aliphatic carbocycles. The van der Waals surface area contributed by atoms with Crippen molar-refractivity contribution in [1.29, 1.82) is 0 Å². The standard InChI is InChI=1S/C18H19ClN2O5S/c1-21(2)27(23,24)13-6-4-12(5-7-13)18(22)20-15-11-17-16(10-14(15)19)25-8-3-9-26-17/h4-7,10-11H,3,8-9H2,1-2H3,(H,20,22). The van der Waals surface area contributed by atoms with E-state index in [1.807, 2.05) is 0 Å². The summed E-state index contributed by atoms with van der Waals surface area (Å²) in [5.74, 6) is 0.633. The lowest BCUT2D eigenvalue weighted by Crippen LogP contribution is -2.22. The molecule has 2 aromatic carbocycles. The van der Waals surface area contributed by atoms with Gasteiger partial charge in [0.2, 0.25) is 10.0 Å². The van der Waals surface area contributed by atoms with Crippen molar-refractivity contribution >= 4 is 33.2 Å². The Labute approximate surface area is 162 Å². The number of carbonyl (C=O) groups excluding carboxylic acids is 1. The summed E-state index contributed by atoms with van der Waals surface area (Å²) < 4.78 is 36.5. The molecule has 3 rings (SSSR count). The summed E-state index contributed by atoms with van der Waals surface area (Å²) in [4.78, 5) is 12.6. The molecule has 0 saturated heterocycles. The summed E-state index contributed by atoms with van der Waals surface area (Å²) in [6.07, 6.45) is 0.760. The molecule has 1 heterocycles. The molecular formula is C18H19ClN2O5S. The van der Waals surface area contributed by atoms with Crippen LogP contribution in [0.25, 0.3) is 0 Å². The molecule has 0 aromatic heterocycles. The Morgan fingerprint density at radius 1 is 1.07 bits per heavy atom. The van der Waals surface area contributed by atoms with Gasteiger partial charge < -0.3 is 14.8 Å². The zero-order chi connectivity index (χ0) is 19.6. The van der Waals surface area contributed by atoms with E-state index in [4.69, 9.17) is 21.1 Å².